The Labute approximate surface area is 99.6 Å². The molecule has 2 atom stereocenters. The smallest absolute Gasteiger partial charge is 0.246 e. The van der Waals surface area contributed by atoms with E-state index in [1.807, 2.05) is 24.7 Å². The highest BCUT2D eigenvalue weighted by atomic mass is 16.2. The molecule has 6 heteroatoms. The van der Waals surface area contributed by atoms with Crippen LogP contribution in [0, 0.1) is 0 Å². The molecule has 0 aliphatic carbocycles. The number of nitrogens with zero attached hydrogens (tertiary/aromatic N) is 3. The number of likely N-dealkylation sites (N-methyl/N-ethyl adjacent to an activating group) is 1. The second-order valence-electron chi connectivity index (χ2n) is 4.33. The maximum atomic E-state index is 11.7. The van der Waals surface area contributed by atoms with E-state index in [2.05, 4.69) is 10.3 Å². The number of hydrogen-bond donors (Lipinski definition) is 1. The number of imide groups is 1. The Bertz CT molecular complexity index is 454. The number of aryl methyl sites for hydroxylation is 1. The van der Waals surface area contributed by atoms with Crippen molar-refractivity contribution in [3.05, 3.63) is 18.2 Å². The maximum Gasteiger partial charge on any atom is 0.246 e. The van der Waals surface area contributed by atoms with Gasteiger partial charge in [-0.15, -0.1) is 0 Å². The van der Waals surface area contributed by atoms with Gasteiger partial charge >= 0.3 is 0 Å². The molecule has 0 bridgehead atoms. The predicted octanol–water partition coefficient (Wildman–Crippen LogP) is -0.172. The van der Waals surface area contributed by atoms with Gasteiger partial charge in [-0.3, -0.25) is 19.8 Å². The Morgan fingerprint density at radius 3 is 2.65 bits per heavy atom. The quantitative estimate of drug-likeness (QED) is 0.740. The largest absolute Gasteiger partial charge is 0.337 e. The normalized spacial score (nSPS) is 22.3. The number of nitrogens with one attached hydrogen (secondary N) is 1. The van der Waals surface area contributed by atoms with Gasteiger partial charge in [0.05, 0.1) is 18.5 Å². The molecule has 2 unspecified atom stereocenters. The van der Waals surface area contributed by atoms with E-state index in [4.69, 9.17) is 0 Å². The molecule has 1 aliphatic heterocycles. The lowest BCUT2D eigenvalue weighted by molar-refractivity contribution is -0.137. The lowest BCUT2D eigenvalue weighted by Gasteiger charge is -2.17. The molecule has 1 N–H and O–H groups in total. The van der Waals surface area contributed by atoms with Gasteiger partial charge in [0.1, 0.15) is 5.82 Å². The van der Waals surface area contributed by atoms with E-state index in [0.29, 0.717) is 0 Å². The van der Waals surface area contributed by atoms with E-state index in [1.54, 1.807) is 6.20 Å². The lowest BCUT2D eigenvalue weighted by atomic mass is 10.2. The first-order valence-corrected chi connectivity index (χ1v) is 5.54. The van der Waals surface area contributed by atoms with E-state index >= 15 is 0 Å². The van der Waals surface area contributed by atoms with Crippen LogP contribution < -0.4 is 5.32 Å². The Morgan fingerprint density at radius 2 is 2.18 bits per heavy atom. The standard InChI is InChI=1S/C11H16N4O2/c1-7(10-12-4-5-14(10)2)13-8-6-9(16)15(3)11(8)17/h4-5,7-8,13H,6H2,1-3H3. The van der Waals surface area contributed by atoms with Gasteiger partial charge in [-0.2, -0.15) is 0 Å². The van der Waals surface area contributed by atoms with Gasteiger partial charge in [-0.05, 0) is 6.92 Å². The summed E-state index contributed by atoms with van der Waals surface area (Å²) < 4.78 is 1.89. The van der Waals surface area contributed by atoms with Gasteiger partial charge in [0, 0.05) is 26.5 Å². The van der Waals surface area contributed by atoms with Crippen LogP contribution in [0.25, 0.3) is 0 Å². The second-order valence-corrected chi connectivity index (χ2v) is 4.33. The highest BCUT2D eigenvalue weighted by molar-refractivity contribution is 6.05. The van der Waals surface area contributed by atoms with Crippen molar-refractivity contribution in [3.8, 4) is 0 Å². The molecule has 2 rings (SSSR count). The number of carbonyl (C=O) groups is 2. The summed E-state index contributed by atoms with van der Waals surface area (Å²) in [5, 5.41) is 3.14. The van der Waals surface area contributed by atoms with Gasteiger partial charge < -0.3 is 4.57 Å². The van der Waals surface area contributed by atoms with Crippen LogP contribution in [0.5, 0.6) is 0 Å². The maximum absolute atomic E-state index is 11.7. The molecule has 0 saturated carbocycles. The van der Waals surface area contributed by atoms with Crippen molar-refractivity contribution in [1.29, 1.82) is 0 Å². The van der Waals surface area contributed by atoms with E-state index in [9.17, 15) is 9.59 Å². The first-order chi connectivity index (χ1) is 8.00. The Balaban J connectivity index is 2.05. The van der Waals surface area contributed by atoms with Gasteiger partial charge in [0.15, 0.2) is 0 Å². The summed E-state index contributed by atoms with van der Waals surface area (Å²) in [5.74, 6) is 0.537. The molecular weight excluding hydrogens is 220 g/mol. The molecular formula is C11H16N4O2. The zero-order valence-corrected chi connectivity index (χ0v) is 10.2. The van der Waals surface area contributed by atoms with Crippen LogP contribution in [0.15, 0.2) is 12.4 Å². The first-order valence-electron chi connectivity index (χ1n) is 5.54. The summed E-state index contributed by atoms with van der Waals surface area (Å²) in [4.78, 5) is 28.5. The number of amides is 2. The number of hydrogen-bond acceptors (Lipinski definition) is 4. The Kier molecular flexibility index (Phi) is 2.97. The van der Waals surface area contributed by atoms with Crippen molar-refractivity contribution in [2.75, 3.05) is 7.05 Å². The molecule has 1 saturated heterocycles. The van der Waals surface area contributed by atoms with Crippen LogP contribution in [0.3, 0.4) is 0 Å². The van der Waals surface area contributed by atoms with Crippen LogP contribution in [0.1, 0.15) is 25.2 Å². The van der Waals surface area contributed by atoms with Crippen LogP contribution in [-0.4, -0.2) is 39.4 Å². The van der Waals surface area contributed by atoms with Crippen molar-refractivity contribution in [2.24, 2.45) is 7.05 Å². The van der Waals surface area contributed by atoms with Gasteiger partial charge in [0.25, 0.3) is 0 Å². The highest BCUT2D eigenvalue weighted by Gasteiger charge is 2.36. The highest BCUT2D eigenvalue weighted by Crippen LogP contribution is 2.16. The van der Waals surface area contributed by atoms with Crippen LogP contribution >= 0.6 is 0 Å². The Hall–Kier alpha value is -1.69. The SMILES string of the molecule is CC(NC1CC(=O)N(C)C1=O)c1nccn1C. The molecule has 1 aromatic heterocycles. The van der Waals surface area contributed by atoms with E-state index < -0.39 is 6.04 Å². The van der Waals surface area contributed by atoms with Gasteiger partial charge in [0.2, 0.25) is 11.8 Å². The zero-order chi connectivity index (χ0) is 12.6. The van der Waals surface area contributed by atoms with Gasteiger partial charge in [-0.1, -0.05) is 0 Å². The number of likely N-dealkylation sites (tertiary alicyclic amines) is 1. The van der Waals surface area contributed by atoms with Crippen molar-refractivity contribution in [2.45, 2.75) is 25.4 Å². The summed E-state index contributed by atoms with van der Waals surface area (Å²) >= 11 is 0. The fourth-order valence-electron chi connectivity index (χ4n) is 2.06. The molecule has 2 heterocycles. The number of carbonyl (C=O) groups excluding carboxylic acids is 2. The van der Waals surface area contributed by atoms with E-state index in [1.165, 1.54) is 11.9 Å². The van der Waals surface area contributed by atoms with E-state index in [0.717, 1.165) is 5.82 Å². The minimum atomic E-state index is -0.431. The second kappa shape index (κ2) is 4.29. The molecule has 1 aliphatic rings. The minimum absolute atomic E-state index is 0.0664. The molecule has 0 spiro atoms. The Morgan fingerprint density at radius 1 is 1.47 bits per heavy atom. The number of aromatic nitrogens is 2. The fraction of sp³-hybridized carbons (Fsp3) is 0.545. The van der Waals surface area contributed by atoms with Crippen molar-refractivity contribution >= 4 is 11.8 Å². The lowest BCUT2D eigenvalue weighted by Crippen LogP contribution is -2.39. The van der Waals surface area contributed by atoms with Crippen molar-refractivity contribution < 1.29 is 9.59 Å². The topological polar surface area (TPSA) is 67.2 Å². The summed E-state index contributed by atoms with van der Waals surface area (Å²) in [6.07, 6.45) is 3.78. The molecule has 1 aromatic rings. The summed E-state index contributed by atoms with van der Waals surface area (Å²) in [6, 6.07) is -0.498. The molecule has 17 heavy (non-hydrogen) atoms. The van der Waals surface area contributed by atoms with Crippen molar-refractivity contribution in [1.82, 2.24) is 19.8 Å². The predicted molar refractivity (Wildman–Crippen MR) is 60.9 cm³/mol. The molecule has 2 amide bonds. The summed E-state index contributed by atoms with van der Waals surface area (Å²) in [5.41, 5.74) is 0. The fourth-order valence-corrected chi connectivity index (χ4v) is 2.06. The molecule has 92 valence electrons. The van der Waals surface area contributed by atoms with Crippen LogP contribution in [0.2, 0.25) is 0 Å². The summed E-state index contributed by atoms with van der Waals surface area (Å²) in [6.45, 7) is 1.93. The third-order valence-electron chi connectivity index (χ3n) is 3.08. The van der Waals surface area contributed by atoms with Crippen LogP contribution in [0.4, 0.5) is 0 Å². The average Bonchev–Trinajstić information content (AvgIpc) is 2.80. The van der Waals surface area contributed by atoms with E-state index in [-0.39, 0.29) is 24.3 Å². The van der Waals surface area contributed by atoms with Crippen molar-refractivity contribution in [3.63, 3.8) is 0 Å². The monoisotopic (exact) mass is 236 g/mol. The minimum Gasteiger partial charge on any atom is -0.337 e. The third kappa shape index (κ3) is 2.08. The first kappa shape index (κ1) is 11.8. The number of imidazole rings is 1. The average molecular weight is 236 g/mol. The third-order valence-corrected chi connectivity index (χ3v) is 3.08. The summed E-state index contributed by atoms with van der Waals surface area (Å²) in [7, 11) is 3.41. The molecule has 0 radical (unpaired) electrons. The molecule has 1 fully saturated rings. The van der Waals surface area contributed by atoms with Crippen LogP contribution in [-0.2, 0) is 16.6 Å². The number of rotatable bonds is 3. The molecule has 0 aromatic carbocycles. The molecule has 6 nitrogen and oxygen atoms in total. The zero-order valence-electron chi connectivity index (χ0n) is 10.2. The van der Waals surface area contributed by atoms with Gasteiger partial charge in [-0.25, -0.2) is 4.98 Å².